The molecule has 0 radical (unpaired) electrons. The van der Waals surface area contributed by atoms with Crippen molar-refractivity contribution in [3.8, 4) is 11.3 Å². The summed E-state index contributed by atoms with van der Waals surface area (Å²) in [6, 6.07) is 5.94. The highest BCUT2D eigenvalue weighted by Crippen LogP contribution is 2.33. The second-order valence-corrected chi connectivity index (χ2v) is 3.85. The third kappa shape index (κ3) is 1.98. The number of rotatable bonds is 3. The van der Waals surface area contributed by atoms with E-state index in [2.05, 4.69) is 5.16 Å². The Bertz CT molecular complexity index is 636. The van der Waals surface area contributed by atoms with Crippen LogP contribution in [-0.2, 0) is 0 Å². The van der Waals surface area contributed by atoms with Gasteiger partial charge in [0, 0.05) is 6.07 Å². The van der Waals surface area contributed by atoms with E-state index in [9.17, 15) is 14.9 Å². The van der Waals surface area contributed by atoms with Crippen molar-refractivity contribution in [2.75, 3.05) is 0 Å². The first-order valence-electron chi connectivity index (χ1n) is 4.92. The van der Waals surface area contributed by atoms with Gasteiger partial charge in [-0.2, -0.15) is 0 Å². The SMILES string of the molecule is Cc1onc(-c2ccccc2[N+](=O)[O-])c1C(=O)Cl. The van der Waals surface area contributed by atoms with Crippen LogP contribution in [0.25, 0.3) is 11.3 Å². The molecule has 7 heteroatoms. The highest BCUT2D eigenvalue weighted by atomic mass is 35.5. The number of hydrogen-bond donors (Lipinski definition) is 0. The van der Waals surface area contributed by atoms with Gasteiger partial charge in [-0.15, -0.1) is 0 Å². The second kappa shape index (κ2) is 4.58. The normalized spacial score (nSPS) is 10.3. The number of carbonyl (C=O) groups excluding carboxylic acids is 1. The van der Waals surface area contributed by atoms with Crippen LogP contribution >= 0.6 is 11.6 Å². The molecule has 0 aliphatic heterocycles. The van der Waals surface area contributed by atoms with Crippen molar-refractivity contribution < 1.29 is 14.2 Å². The zero-order chi connectivity index (χ0) is 13.3. The predicted molar refractivity (Wildman–Crippen MR) is 63.5 cm³/mol. The minimum Gasteiger partial charge on any atom is -0.360 e. The summed E-state index contributed by atoms with van der Waals surface area (Å²) in [4.78, 5) is 21.7. The molecule has 0 bridgehead atoms. The van der Waals surface area contributed by atoms with Crippen LogP contribution in [0.4, 0.5) is 5.69 Å². The summed E-state index contributed by atoms with van der Waals surface area (Å²) in [7, 11) is 0. The van der Waals surface area contributed by atoms with Gasteiger partial charge in [-0.05, 0) is 24.6 Å². The van der Waals surface area contributed by atoms with Crippen LogP contribution in [0.15, 0.2) is 28.8 Å². The molecule has 18 heavy (non-hydrogen) atoms. The average molecular weight is 267 g/mol. The fourth-order valence-electron chi connectivity index (χ4n) is 1.62. The van der Waals surface area contributed by atoms with E-state index >= 15 is 0 Å². The lowest BCUT2D eigenvalue weighted by Gasteiger charge is -1.99. The molecule has 2 rings (SSSR count). The molecule has 0 unspecified atom stereocenters. The Kier molecular flexibility index (Phi) is 3.12. The van der Waals surface area contributed by atoms with Crippen molar-refractivity contribution in [3.05, 3.63) is 45.7 Å². The smallest absolute Gasteiger partial charge is 0.278 e. The van der Waals surface area contributed by atoms with Crippen LogP contribution < -0.4 is 0 Å². The molecule has 0 aliphatic carbocycles. The van der Waals surface area contributed by atoms with E-state index in [-0.39, 0.29) is 28.3 Å². The topological polar surface area (TPSA) is 86.2 Å². The lowest BCUT2D eigenvalue weighted by molar-refractivity contribution is -0.384. The molecule has 0 N–H and O–H groups in total. The molecule has 0 spiro atoms. The van der Waals surface area contributed by atoms with Crippen molar-refractivity contribution >= 4 is 22.5 Å². The van der Waals surface area contributed by atoms with Crippen LogP contribution in [0.2, 0.25) is 0 Å². The Hall–Kier alpha value is -2.21. The maximum Gasteiger partial charge on any atom is 0.278 e. The fourth-order valence-corrected chi connectivity index (χ4v) is 1.84. The number of nitro benzene ring substituents is 1. The van der Waals surface area contributed by atoms with Gasteiger partial charge in [-0.3, -0.25) is 14.9 Å². The minimum atomic E-state index is -0.762. The van der Waals surface area contributed by atoms with E-state index in [0.717, 1.165) is 0 Å². The molecule has 1 aromatic carbocycles. The highest BCUT2D eigenvalue weighted by Gasteiger charge is 2.25. The zero-order valence-corrected chi connectivity index (χ0v) is 9.97. The standard InChI is InChI=1S/C11H7ClN2O4/c1-6-9(11(12)15)10(13-18-6)7-4-2-3-5-8(7)14(16)17/h2-5H,1H3. The summed E-state index contributed by atoms with van der Waals surface area (Å²) in [5, 5.41) is 13.8. The quantitative estimate of drug-likeness (QED) is 0.484. The van der Waals surface area contributed by atoms with Gasteiger partial charge in [0.25, 0.3) is 10.9 Å². The third-order valence-corrected chi connectivity index (χ3v) is 2.60. The lowest BCUT2D eigenvalue weighted by atomic mass is 10.1. The molecule has 2 aromatic rings. The van der Waals surface area contributed by atoms with E-state index in [4.69, 9.17) is 16.1 Å². The molecule has 0 fully saturated rings. The predicted octanol–water partition coefficient (Wildman–Crippen LogP) is 2.94. The number of nitro groups is 1. The molecule has 92 valence electrons. The molecule has 1 heterocycles. The zero-order valence-electron chi connectivity index (χ0n) is 9.21. The van der Waals surface area contributed by atoms with Crippen LogP contribution in [-0.4, -0.2) is 15.3 Å². The molecule has 0 atom stereocenters. The van der Waals surface area contributed by atoms with Crippen molar-refractivity contribution in [1.82, 2.24) is 5.16 Å². The van der Waals surface area contributed by atoms with E-state index in [1.54, 1.807) is 6.07 Å². The molecule has 0 saturated carbocycles. The van der Waals surface area contributed by atoms with Crippen molar-refractivity contribution in [1.29, 1.82) is 0 Å². The average Bonchev–Trinajstić information content (AvgIpc) is 2.71. The summed E-state index contributed by atoms with van der Waals surface area (Å²) < 4.78 is 4.87. The second-order valence-electron chi connectivity index (χ2n) is 3.51. The summed E-state index contributed by atoms with van der Waals surface area (Å²) >= 11 is 5.43. The van der Waals surface area contributed by atoms with Gasteiger partial charge in [0.15, 0.2) is 0 Å². The van der Waals surface area contributed by atoms with Gasteiger partial charge >= 0.3 is 0 Å². The van der Waals surface area contributed by atoms with Crippen molar-refractivity contribution in [2.24, 2.45) is 0 Å². The van der Waals surface area contributed by atoms with E-state index in [1.807, 2.05) is 0 Å². The Morgan fingerprint density at radius 2 is 2.11 bits per heavy atom. The maximum absolute atomic E-state index is 11.3. The van der Waals surface area contributed by atoms with Crippen molar-refractivity contribution in [3.63, 3.8) is 0 Å². The molecular weight excluding hydrogens is 260 g/mol. The first kappa shape index (κ1) is 12.3. The summed E-state index contributed by atoms with van der Waals surface area (Å²) in [5.41, 5.74) is 0.166. The van der Waals surface area contributed by atoms with Gasteiger partial charge < -0.3 is 4.52 Å². The van der Waals surface area contributed by atoms with E-state index < -0.39 is 10.2 Å². The summed E-state index contributed by atoms with van der Waals surface area (Å²) in [6.45, 7) is 1.51. The van der Waals surface area contributed by atoms with Gasteiger partial charge in [0.2, 0.25) is 0 Å². The summed E-state index contributed by atoms with van der Waals surface area (Å²) in [6.07, 6.45) is 0. The fraction of sp³-hybridized carbons (Fsp3) is 0.0909. The molecule has 6 nitrogen and oxygen atoms in total. The van der Waals surface area contributed by atoms with Crippen LogP contribution in [0, 0.1) is 17.0 Å². The monoisotopic (exact) mass is 266 g/mol. The van der Waals surface area contributed by atoms with E-state index in [0.29, 0.717) is 0 Å². The number of carbonyl (C=O) groups is 1. The largest absolute Gasteiger partial charge is 0.360 e. The third-order valence-electron chi connectivity index (χ3n) is 2.42. The first-order valence-corrected chi connectivity index (χ1v) is 5.30. The summed E-state index contributed by atoms with van der Waals surface area (Å²) in [5.74, 6) is 0.225. The van der Waals surface area contributed by atoms with Gasteiger partial charge in [0.05, 0.1) is 10.5 Å². The molecule has 0 amide bonds. The van der Waals surface area contributed by atoms with Crippen molar-refractivity contribution in [2.45, 2.75) is 6.92 Å². The Morgan fingerprint density at radius 3 is 2.72 bits per heavy atom. The number of aryl methyl sites for hydroxylation is 1. The van der Waals surface area contributed by atoms with Gasteiger partial charge in [-0.1, -0.05) is 17.3 Å². The number of halogens is 1. The molecule has 0 saturated heterocycles. The highest BCUT2D eigenvalue weighted by molar-refractivity contribution is 6.68. The molecule has 0 aliphatic rings. The van der Waals surface area contributed by atoms with Crippen LogP contribution in [0.1, 0.15) is 16.1 Å². The maximum atomic E-state index is 11.3. The Morgan fingerprint density at radius 1 is 1.44 bits per heavy atom. The number of para-hydroxylation sites is 1. The minimum absolute atomic E-state index is 0.0472. The van der Waals surface area contributed by atoms with E-state index in [1.165, 1.54) is 25.1 Å². The molecule has 1 aromatic heterocycles. The number of aromatic nitrogens is 1. The molecular formula is C11H7ClN2O4. The van der Waals surface area contributed by atoms with Gasteiger partial charge in [-0.25, -0.2) is 0 Å². The first-order chi connectivity index (χ1) is 8.52. The Labute approximate surface area is 106 Å². The van der Waals surface area contributed by atoms with Crippen LogP contribution in [0.5, 0.6) is 0 Å². The number of hydrogen-bond acceptors (Lipinski definition) is 5. The van der Waals surface area contributed by atoms with Gasteiger partial charge in [0.1, 0.15) is 17.0 Å². The Balaban J connectivity index is 2.70. The number of nitrogens with zero attached hydrogens (tertiary/aromatic N) is 2. The van der Waals surface area contributed by atoms with Crippen LogP contribution in [0.3, 0.4) is 0 Å². The number of benzene rings is 1. The lowest BCUT2D eigenvalue weighted by Crippen LogP contribution is -1.96.